The highest BCUT2D eigenvalue weighted by molar-refractivity contribution is 7.91. The molecule has 0 heterocycles. The molecule has 0 bridgehead atoms. The Bertz CT molecular complexity index is 500. The molecule has 1 amide bonds. The Morgan fingerprint density at radius 3 is 2.42 bits per heavy atom. The smallest absolute Gasteiger partial charge is 0.234 e. The predicted molar refractivity (Wildman–Crippen MR) is 74.6 cm³/mol. The van der Waals surface area contributed by atoms with Crippen LogP contribution >= 0.6 is 0 Å². The van der Waals surface area contributed by atoms with Crippen LogP contribution in [0.1, 0.15) is 13.3 Å². The van der Waals surface area contributed by atoms with Crippen LogP contribution in [0.4, 0.5) is 0 Å². The van der Waals surface area contributed by atoms with Gasteiger partial charge >= 0.3 is 0 Å². The molecule has 19 heavy (non-hydrogen) atoms. The first-order valence-corrected chi connectivity index (χ1v) is 7.86. The van der Waals surface area contributed by atoms with Gasteiger partial charge in [0.05, 0.1) is 17.2 Å². The largest absolute Gasteiger partial charge is 0.351 e. The van der Waals surface area contributed by atoms with Crippen molar-refractivity contribution in [1.29, 1.82) is 0 Å². The molecular weight excluding hydrogens is 264 g/mol. The van der Waals surface area contributed by atoms with Crippen LogP contribution < -0.4 is 10.6 Å². The number of carbonyl (C=O) groups excluding carboxylic acids is 1. The average Bonchev–Trinajstić information content (AvgIpc) is 2.39. The van der Waals surface area contributed by atoms with Gasteiger partial charge in [0.2, 0.25) is 5.91 Å². The maximum atomic E-state index is 12.2. The molecule has 1 aromatic carbocycles. The second-order valence-electron chi connectivity index (χ2n) is 4.30. The summed E-state index contributed by atoms with van der Waals surface area (Å²) in [5, 5.41) is 5.44. The van der Waals surface area contributed by atoms with Crippen molar-refractivity contribution < 1.29 is 13.2 Å². The van der Waals surface area contributed by atoms with Crippen molar-refractivity contribution in [2.24, 2.45) is 0 Å². The van der Waals surface area contributed by atoms with Crippen molar-refractivity contribution in [1.82, 2.24) is 10.6 Å². The van der Waals surface area contributed by atoms with Crippen LogP contribution in [0, 0.1) is 0 Å². The third kappa shape index (κ3) is 5.00. The second-order valence-corrected chi connectivity index (χ2v) is 6.33. The first-order chi connectivity index (χ1) is 8.99. The molecule has 0 aliphatic carbocycles. The lowest BCUT2D eigenvalue weighted by Crippen LogP contribution is -2.42. The van der Waals surface area contributed by atoms with Crippen molar-refractivity contribution in [3.8, 4) is 0 Å². The highest BCUT2D eigenvalue weighted by Gasteiger charge is 2.21. The summed E-state index contributed by atoms with van der Waals surface area (Å²) in [5.74, 6) is -0.277. The third-order valence-corrected chi connectivity index (χ3v) is 4.55. The minimum absolute atomic E-state index is 0.0804. The topological polar surface area (TPSA) is 75.3 Å². The normalized spacial score (nSPS) is 12.9. The van der Waals surface area contributed by atoms with Crippen molar-refractivity contribution in [3.05, 3.63) is 30.3 Å². The lowest BCUT2D eigenvalue weighted by Gasteiger charge is -2.17. The fraction of sp³-hybridized carbons (Fsp3) is 0.462. The molecule has 0 spiro atoms. The molecule has 0 aromatic heterocycles. The molecule has 0 aliphatic rings. The van der Waals surface area contributed by atoms with E-state index in [1.165, 1.54) is 0 Å². The molecule has 1 aromatic rings. The molecule has 0 aliphatic heterocycles. The number of likely N-dealkylation sites (N-methyl/N-ethyl adjacent to an activating group) is 1. The Kier molecular flexibility index (Phi) is 5.98. The SMILES string of the molecule is CCC(CS(=O)(=O)c1ccccc1)NC(=O)CNC. The first kappa shape index (κ1) is 15.7. The fourth-order valence-corrected chi connectivity index (χ4v) is 3.30. The van der Waals surface area contributed by atoms with Crippen molar-refractivity contribution in [2.75, 3.05) is 19.3 Å². The molecule has 106 valence electrons. The number of hydrogen-bond acceptors (Lipinski definition) is 4. The lowest BCUT2D eigenvalue weighted by molar-refractivity contribution is -0.120. The summed E-state index contributed by atoms with van der Waals surface area (Å²) in [7, 11) is -1.70. The van der Waals surface area contributed by atoms with Gasteiger partial charge in [-0.2, -0.15) is 0 Å². The summed E-state index contributed by atoms with van der Waals surface area (Å²) < 4.78 is 24.3. The summed E-state index contributed by atoms with van der Waals surface area (Å²) in [6.45, 7) is 2.03. The van der Waals surface area contributed by atoms with Crippen molar-refractivity contribution >= 4 is 15.7 Å². The molecule has 1 rings (SSSR count). The Balaban J connectivity index is 2.73. The number of benzene rings is 1. The van der Waals surface area contributed by atoms with Crippen molar-refractivity contribution in [3.63, 3.8) is 0 Å². The van der Waals surface area contributed by atoms with Crippen LogP contribution in [0.3, 0.4) is 0 Å². The molecule has 1 atom stereocenters. The number of amides is 1. The summed E-state index contributed by atoms with van der Waals surface area (Å²) >= 11 is 0. The van der Waals surface area contributed by atoms with E-state index in [0.717, 1.165) is 0 Å². The first-order valence-electron chi connectivity index (χ1n) is 6.21. The van der Waals surface area contributed by atoms with Gasteiger partial charge in [-0.15, -0.1) is 0 Å². The Morgan fingerprint density at radius 2 is 1.89 bits per heavy atom. The Labute approximate surface area is 114 Å². The van der Waals surface area contributed by atoms with E-state index in [1.807, 2.05) is 6.92 Å². The monoisotopic (exact) mass is 284 g/mol. The van der Waals surface area contributed by atoms with Gasteiger partial charge in [-0.1, -0.05) is 25.1 Å². The standard InChI is InChI=1S/C13H20N2O3S/c1-3-11(15-13(16)9-14-2)10-19(17,18)12-7-5-4-6-8-12/h4-8,11,14H,3,9-10H2,1-2H3,(H,15,16). The molecule has 5 nitrogen and oxygen atoms in total. The van der Waals surface area contributed by atoms with Crippen LogP contribution in [0.15, 0.2) is 35.2 Å². The molecule has 2 N–H and O–H groups in total. The van der Waals surface area contributed by atoms with Gasteiger partial charge in [-0.05, 0) is 25.6 Å². The Morgan fingerprint density at radius 1 is 1.26 bits per heavy atom. The summed E-state index contributed by atoms with van der Waals surface area (Å²) in [5.41, 5.74) is 0. The Hall–Kier alpha value is -1.40. The van der Waals surface area contributed by atoms with E-state index >= 15 is 0 Å². The van der Waals surface area contributed by atoms with Crippen LogP contribution in [0.5, 0.6) is 0 Å². The zero-order chi connectivity index (χ0) is 14.3. The van der Waals surface area contributed by atoms with Crippen LogP contribution in [-0.4, -0.2) is 39.7 Å². The van der Waals surface area contributed by atoms with Crippen LogP contribution in [0.25, 0.3) is 0 Å². The molecule has 0 saturated heterocycles. The molecular formula is C13H20N2O3S. The van der Waals surface area contributed by atoms with E-state index in [-0.39, 0.29) is 29.1 Å². The van der Waals surface area contributed by atoms with E-state index in [0.29, 0.717) is 6.42 Å². The van der Waals surface area contributed by atoms with E-state index < -0.39 is 9.84 Å². The zero-order valence-electron chi connectivity index (χ0n) is 11.2. The summed E-state index contributed by atoms with van der Waals surface area (Å²) in [6.07, 6.45) is 0.571. The number of sulfone groups is 1. The number of hydrogen-bond donors (Lipinski definition) is 2. The molecule has 0 radical (unpaired) electrons. The van der Waals surface area contributed by atoms with Crippen LogP contribution in [-0.2, 0) is 14.6 Å². The third-order valence-electron chi connectivity index (χ3n) is 2.72. The highest BCUT2D eigenvalue weighted by atomic mass is 32.2. The second kappa shape index (κ2) is 7.25. The fourth-order valence-electron chi connectivity index (χ4n) is 1.69. The highest BCUT2D eigenvalue weighted by Crippen LogP contribution is 2.12. The number of carbonyl (C=O) groups is 1. The van der Waals surface area contributed by atoms with Crippen LogP contribution in [0.2, 0.25) is 0 Å². The minimum Gasteiger partial charge on any atom is -0.351 e. The summed E-state index contributed by atoms with van der Waals surface area (Å²) in [6, 6.07) is 7.91. The maximum absolute atomic E-state index is 12.2. The van der Waals surface area contributed by atoms with E-state index in [9.17, 15) is 13.2 Å². The van der Waals surface area contributed by atoms with Gasteiger partial charge in [0, 0.05) is 6.04 Å². The zero-order valence-corrected chi connectivity index (χ0v) is 12.0. The molecule has 0 saturated carbocycles. The molecule has 6 heteroatoms. The number of nitrogens with one attached hydrogen (secondary N) is 2. The van der Waals surface area contributed by atoms with E-state index in [2.05, 4.69) is 10.6 Å². The minimum atomic E-state index is -3.37. The molecule has 1 unspecified atom stereocenters. The lowest BCUT2D eigenvalue weighted by atomic mass is 10.2. The maximum Gasteiger partial charge on any atom is 0.234 e. The average molecular weight is 284 g/mol. The quantitative estimate of drug-likeness (QED) is 0.768. The van der Waals surface area contributed by atoms with Gasteiger partial charge in [0.15, 0.2) is 9.84 Å². The predicted octanol–water partition coefficient (Wildman–Crippen LogP) is 0.575. The van der Waals surface area contributed by atoms with E-state index in [4.69, 9.17) is 0 Å². The van der Waals surface area contributed by atoms with Gasteiger partial charge < -0.3 is 10.6 Å². The van der Waals surface area contributed by atoms with Crippen molar-refractivity contribution in [2.45, 2.75) is 24.3 Å². The van der Waals surface area contributed by atoms with Gasteiger partial charge in [0.25, 0.3) is 0 Å². The molecule has 0 fully saturated rings. The van der Waals surface area contributed by atoms with E-state index in [1.54, 1.807) is 37.4 Å². The van der Waals surface area contributed by atoms with Gasteiger partial charge in [0.1, 0.15) is 0 Å². The number of rotatable bonds is 7. The summed E-state index contributed by atoms with van der Waals surface area (Å²) in [4.78, 5) is 11.8. The van der Waals surface area contributed by atoms with Gasteiger partial charge in [-0.3, -0.25) is 4.79 Å². The van der Waals surface area contributed by atoms with Gasteiger partial charge in [-0.25, -0.2) is 8.42 Å².